The first-order valence-corrected chi connectivity index (χ1v) is 9.14. The Hall–Kier alpha value is -2.81. The fourth-order valence-corrected chi connectivity index (χ4v) is 4.05. The average Bonchev–Trinajstić information content (AvgIpc) is 3.38. The minimum absolute atomic E-state index is 0.0792. The van der Waals surface area contributed by atoms with Crippen LogP contribution < -0.4 is 0 Å². The first-order valence-electron chi connectivity index (χ1n) is 9.14. The van der Waals surface area contributed by atoms with Crippen molar-refractivity contribution >= 4 is 22.8 Å². The maximum Gasteiger partial charge on any atom is 0.246 e. The first-order chi connectivity index (χ1) is 12.7. The van der Waals surface area contributed by atoms with Crippen molar-refractivity contribution in [3.05, 3.63) is 36.1 Å². The molecule has 6 heteroatoms. The van der Waals surface area contributed by atoms with Gasteiger partial charge in [0.2, 0.25) is 11.8 Å². The van der Waals surface area contributed by atoms with Gasteiger partial charge in [0.25, 0.3) is 0 Å². The van der Waals surface area contributed by atoms with Crippen LogP contribution in [0.4, 0.5) is 0 Å². The van der Waals surface area contributed by atoms with Crippen LogP contribution in [0.15, 0.2) is 34.7 Å². The van der Waals surface area contributed by atoms with Gasteiger partial charge in [-0.2, -0.15) is 5.26 Å². The van der Waals surface area contributed by atoms with E-state index in [0.29, 0.717) is 25.3 Å². The molecule has 26 heavy (non-hydrogen) atoms. The van der Waals surface area contributed by atoms with Crippen molar-refractivity contribution in [2.45, 2.75) is 44.2 Å². The highest BCUT2D eigenvalue weighted by molar-refractivity contribution is 5.90. The Morgan fingerprint density at radius 2 is 1.92 bits per heavy atom. The van der Waals surface area contributed by atoms with Crippen LogP contribution in [-0.2, 0) is 16.0 Å². The molecule has 2 fully saturated rings. The fraction of sp³-hybridized carbons (Fsp3) is 0.450. The molecule has 2 amide bonds. The SMILES string of the molecule is N#C[C@@H]1CCCN1C(=O)[C@@H]1CCCN1C(=O)Cc1cc2ccccc2o1. The third-order valence-corrected chi connectivity index (χ3v) is 5.35. The van der Waals surface area contributed by atoms with E-state index >= 15 is 0 Å². The number of likely N-dealkylation sites (tertiary alicyclic amines) is 2. The van der Waals surface area contributed by atoms with Crippen LogP contribution in [0, 0.1) is 11.3 Å². The van der Waals surface area contributed by atoms with E-state index in [-0.39, 0.29) is 24.3 Å². The highest BCUT2D eigenvalue weighted by atomic mass is 16.3. The molecular formula is C20H21N3O3. The van der Waals surface area contributed by atoms with Crippen LogP contribution in [0.2, 0.25) is 0 Å². The van der Waals surface area contributed by atoms with Gasteiger partial charge in [-0.25, -0.2) is 0 Å². The predicted octanol–water partition coefficient (Wildman–Crippen LogP) is 2.48. The van der Waals surface area contributed by atoms with E-state index in [1.54, 1.807) is 9.80 Å². The van der Waals surface area contributed by atoms with E-state index in [1.165, 1.54) is 0 Å². The zero-order chi connectivity index (χ0) is 18.1. The Bertz CT molecular complexity index is 849. The van der Waals surface area contributed by atoms with E-state index < -0.39 is 6.04 Å². The van der Waals surface area contributed by atoms with Gasteiger partial charge in [0.1, 0.15) is 23.4 Å². The summed E-state index contributed by atoms with van der Waals surface area (Å²) >= 11 is 0. The zero-order valence-electron chi connectivity index (χ0n) is 14.6. The van der Waals surface area contributed by atoms with Gasteiger partial charge in [-0.05, 0) is 37.8 Å². The molecular weight excluding hydrogens is 330 g/mol. The molecule has 2 aliphatic rings. The molecule has 0 radical (unpaired) electrons. The van der Waals surface area contributed by atoms with Gasteiger partial charge in [0.05, 0.1) is 12.5 Å². The number of benzene rings is 1. The summed E-state index contributed by atoms with van der Waals surface area (Å²) in [6.07, 6.45) is 3.21. The van der Waals surface area contributed by atoms with Crippen molar-refractivity contribution in [3.8, 4) is 6.07 Å². The van der Waals surface area contributed by atoms with E-state index in [2.05, 4.69) is 6.07 Å². The van der Waals surface area contributed by atoms with Gasteiger partial charge >= 0.3 is 0 Å². The van der Waals surface area contributed by atoms with Gasteiger partial charge in [0.15, 0.2) is 0 Å². The molecule has 2 aliphatic heterocycles. The number of fused-ring (bicyclic) bond motifs is 1. The van der Waals surface area contributed by atoms with Crippen molar-refractivity contribution < 1.29 is 14.0 Å². The quantitative estimate of drug-likeness (QED) is 0.851. The lowest BCUT2D eigenvalue weighted by Crippen LogP contribution is -2.49. The number of nitriles is 1. The van der Waals surface area contributed by atoms with Gasteiger partial charge in [-0.1, -0.05) is 18.2 Å². The molecule has 3 heterocycles. The summed E-state index contributed by atoms with van der Waals surface area (Å²) in [5.74, 6) is 0.447. The molecule has 4 rings (SSSR count). The summed E-state index contributed by atoms with van der Waals surface area (Å²) in [4.78, 5) is 29.0. The standard InChI is InChI=1S/C20H21N3O3/c21-13-15-6-3-9-22(15)20(25)17-7-4-10-23(17)19(24)12-16-11-14-5-1-2-8-18(14)26-16/h1-2,5,8,11,15,17H,3-4,6-7,9-10,12H2/t15-,17-/m0/s1. The topological polar surface area (TPSA) is 77.5 Å². The number of para-hydroxylation sites is 1. The van der Waals surface area contributed by atoms with Crippen molar-refractivity contribution in [2.75, 3.05) is 13.1 Å². The Balaban J connectivity index is 1.48. The number of amides is 2. The molecule has 1 aromatic heterocycles. The van der Waals surface area contributed by atoms with Crippen LogP contribution in [0.1, 0.15) is 31.4 Å². The summed E-state index contributed by atoms with van der Waals surface area (Å²) in [5.41, 5.74) is 0.762. The van der Waals surface area contributed by atoms with Crippen LogP contribution in [0.25, 0.3) is 11.0 Å². The average molecular weight is 351 g/mol. The van der Waals surface area contributed by atoms with Crippen molar-refractivity contribution in [1.82, 2.24) is 9.80 Å². The largest absolute Gasteiger partial charge is 0.461 e. The molecule has 0 saturated carbocycles. The number of nitrogens with zero attached hydrogens (tertiary/aromatic N) is 3. The van der Waals surface area contributed by atoms with Gasteiger partial charge < -0.3 is 14.2 Å². The lowest BCUT2D eigenvalue weighted by Gasteiger charge is -2.29. The lowest BCUT2D eigenvalue weighted by molar-refractivity contribution is -0.143. The molecule has 0 aliphatic carbocycles. The molecule has 2 aromatic rings. The second-order valence-electron chi connectivity index (χ2n) is 6.99. The highest BCUT2D eigenvalue weighted by Gasteiger charge is 2.40. The van der Waals surface area contributed by atoms with Crippen molar-refractivity contribution in [3.63, 3.8) is 0 Å². The maximum atomic E-state index is 12.9. The Morgan fingerprint density at radius 3 is 2.73 bits per heavy atom. The second kappa shape index (κ2) is 6.83. The van der Waals surface area contributed by atoms with E-state index in [9.17, 15) is 14.9 Å². The summed E-state index contributed by atoms with van der Waals surface area (Å²) in [6, 6.07) is 10.9. The minimum Gasteiger partial charge on any atom is -0.461 e. The summed E-state index contributed by atoms with van der Waals surface area (Å²) in [7, 11) is 0. The van der Waals surface area contributed by atoms with E-state index in [4.69, 9.17) is 4.42 Å². The summed E-state index contributed by atoms with van der Waals surface area (Å²) < 4.78 is 5.74. The molecule has 0 bridgehead atoms. The monoisotopic (exact) mass is 351 g/mol. The molecule has 0 spiro atoms. The van der Waals surface area contributed by atoms with Gasteiger partial charge in [0, 0.05) is 18.5 Å². The molecule has 2 atom stereocenters. The van der Waals surface area contributed by atoms with Crippen LogP contribution >= 0.6 is 0 Å². The summed E-state index contributed by atoms with van der Waals surface area (Å²) in [5, 5.41) is 10.2. The Labute approximate surface area is 152 Å². The molecule has 1 aromatic carbocycles. The zero-order valence-corrected chi connectivity index (χ0v) is 14.6. The Morgan fingerprint density at radius 1 is 1.15 bits per heavy atom. The minimum atomic E-state index is -0.444. The number of hydrogen-bond acceptors (Lipinski definition) is 4. The molecule has 2 saturated heterocycles. The van der Waals surface area contributed by atoms with Crippen LogP contribution in [-0.4, -0.2) is 46.8 Å². The lowest BCUT2D eigenvalue weighted by atomic mass is 10.1. The van der Waals surface area contributed by atoms with Gasteiger partial charge in [-0.15, -0.1) is 0 Å². The van der Waals surface area contributed by atoms with Crippen molar-refractivity contribution in [2.24, 2.45) is 0 Å². The first kappa shape index (κ1) is 16.6. The highest BCUT2D eigenvalue weighted by Crippen LogP contribution is 2.26. The second-order valence-corrected chi connectivity index (χ2v) is 6.99. The molecule has 0 N–H and O–H groups in total. The smallest absolute Gasteiger partial charge is 0.246 e. The molecule has 6 nitrogen and oxygen atoms in total. The predicted molar refractivity (Wildman–Crippen MR) is 95.0 cm³/mol. The normalized spacial score (nSPS) is 22.7. The summed E-state index contributed by atoms with van der Waals surface area (Å²) in [6.45, 7) is 1.19. The third kappa shape index (κ3) is 2.94. The van der Waals surface area contributed by atoms with Crippen LogP contribution in [0.3, 0.4) is 0 Å². The number of rotatable bonds is 3. The number of furan rings is 1. The Kier molecular flexibility index (Phi) is 4.37. The van der Waals surface area contributed by atoms with E-state index in [0.717, 1.165) is 30.2 Å². The maximum absolute atomic E-state index is 12.9. The van der Waals surface area contributed by atoms with Crippen LogP contribution in [0.5, 0.6) is 0 Å². The number of carbonyl (C=O) groups is 2. The van der Waals surface area contributed by atoms with E-state index in [1.807, 2.05) is 30.3 Å². The third-order valence-electron chi connectivity index (χ3n) is 5.35. The molecule has 0 unspecified atom stereocenters. The van der Waals surface area contributed by atoms with Gasteiger partial charge in [-0.3, -0.25) is 9.59 Å². The van der Waals surface area contributed by atoms with Crippen molar-refractivity contribution in [1.29, 1.82) is 5.26 Å². The fourth-order valence-electron chi connectivity index (χ4n) is 4.05. The number of hydrogen-bond donors (Lipinski definition) is 0. The number of carbonyl (C=O) groups excluding carboxylic acids is 2. The molecule has 134 valence electrons.